The molecule has 2 unspecified atom stereocenters. The molecule has 1 heterocycles. The van der Waals surface area contributed by atoms with Gasteiger partial charge in [0.25, 0.3) is 0 Å². The highest BCUT2D eigenvalue weighted by molar-refractivity contribution is 5.83. The Balaban J connectivity index is 2.34. The predicted octanol–water partition coefficient (Wildman–Crippen LogP) is 4.17. The van der Waals surface area contributed by atoms with Gasteiger partial charge < -0.3 is 9.64 Å². The maximum atomic E-state index is 11.6. The van der Waals surface area contributed by atoms with E-state index in [1.54, 1.807) is 0 Å². The molecule has 0 aliphatic carbocycles. The summed E-state index contributed by atoms with van der Waals surface area (Å²) >= 11 is 0. The molecule has 23 heavy (non-hydrogen) atoms. The number of benzene rings is 1. The Morgan fingerprint density at radius 1 is 1.48 bits per heavy atom. The Bertz CT molecular complexity index is 577. The molecule has 1 aromatic rings. The number of rotatable bonds is 4. The van der Waals surface area contributed by atoms with E-state index in [1.165, 1.54) is 11.6 Å². The molecular formula is C20H29NO2. The van der Waals surface area contributed by atoms with Gasteiger partial charge in [0, 0.05) is 18.2 Å². The Morgan fingerprint density at radius 3 is 2.74 bits per heavy atom. The van der Waals surface area contributed by atoms with Crippen LogP contribution < -0.4 is 4.74 Å². The van der Waals surface area contributed by atoms with Gasteiger partial charge in [0.1, 0.15) is 5.75 Å². The lowest BCUT2D eigenvalue weighted by molar-refractivity contribution is -0.129. The number of nitrogens with zero attached hydrogens (tertiary/aromatic N) is 1. The monoisotopic (exact) mass is 315 g/mol. The van der Waals surface area contributed by atoms with Gasteiger partial charge in [0.15, 0.2) is 0 Å². The van der Waals surface area contributed by atoms with Gasteiger partial charge in [-0.1, -0.05) is 32.6 Å². The van der Waals surface area contributed by atoms with E-state index in [1.807, 2.05) is 12.1 Å². The van der Waals surface area contributed by atoms with E-state index in [4.69, 9.17) is 4.74 Å². The minimum Gasteiger partial charge on any atom is -0.423 e. The van der Waals surface area contributed by atoms with Crippen LogP contribution in [-0.2, 0) is 11.2 Å². The number of piperidine rings is 1. The number of carbonyl (C=O) groups is 1. The number of carbonyl (C=O) groups excluding carboxylic acids is 1. The van der Waals surface area contributed by atoms with Crippen molar-refractivity contribution in [2.24, 2.45) is 5.92 Å². The summed E-state index contributed by atoms with van der Waals surface area (Å²) in [5.74, 6) is 1.36. The largest absolute Gasteiger partial charge is 0.423 e. The topological polar surface area (TPSA) is 29.5 Å². The van der Waals surface area contributed by atoms with E-state index in [0.717, 1.165) is 24.9 Å². The van der Waals surface area contributed by atoms with Crippen molar-refractivity contribution in [2.45, 2.75) is 52.0 Å². The van der Waals surface area contributed by atoms with Crippen molar-refractivity contribution >= 4 is 5.97 Å². The second kappa shape index (κ2) is 6.88. The van der Waals surface area contributed by atoms with Crippen molar-refractivity contribution in [1.82, 2.24) is 4.90 Å². The zero-order valence-corrected chi connectivity index (χ0v) is 15.1. The average Bonchev–Trinajstić information content (AvgIpc) is 2.52. The van der Waals surface area contributed by atoms with Crippen LogP contribution >= 0.6 is 0 Å². The summed E-state index contributed by atoms with van der Waals surface area (Å²) in [4.78, 5) is 14.0. The lowest BCUT2D eigenvalue weighted by Crippen LogP contribution is -2.52. The number of hydrogen-bond donors (Lipinski definition) is 0. The molecule has 1 aliphatic heterocycles. The van der Waals surface area contributed by atoms with Gasteiger partial charge in [-0.2, -0.15) is 0 Å². The number of hydrogen-bond acceptors (Lipinski definition) is 3. The Kier molecular flexibility index (Phi) is 5.30. The van der Waals surface area contributed by atoms with Gasteiger partial charge in [-0.05, 0) is 62.8 Å². The molecule has 0 amide bonds. The van der Waals surface area contributed by atoms with Crippen LogP contribution in [0.15, 0.2) is 30.9 Å². The first-order valence-electron chi connectivity index (χ1n) is 8.48. The minimum atomic E-state index is -0.396. The number of likely N-dealkylation sites (N-methyl/N-ethyl adjacent to an activating group) is 1. The zero-order valence-electron chi connectivity index (χ0n) is 15.1. The summed E-state index contributed by atoms with van der Waals surface area (Å²) < 4.78 is 5.44. The molecule has 0 radical (unpaired) electrons. The first kappa shape index (κ1) is 17.7. The molecule has 126 valence electrons. The second-order valence-corrected chi connectivity index (χ2v) is 7.17. The molecule has 1 fully saturated rings. The third-order valence-corrected chi connectivity index (χ3v) is 5.66. The van der Waals surface area contributed by atoms with Crippen LogP contribution in [0, 0.1) is 5.92 Å². The van der Waals surface area contributed by atoms with E-state index in [-0.39, 0.29) is 5.54 Å². The highest BCUT2D eigenvalue weighted by atomic mass is 16.5. The molecule has 0 saturated carbocycles. The van der Waals surface area contributed by atoms with Gasteiger partial charge in [0.2, 0.25) is 0 Å². The minimum absolute atomic E-state index is 0.218. The van der Waals surface area contributed by atoms with Crippen molar-refractivity contribution in [3.63, 3.8) is 0 Å². The zero-order chi connectivity index (χ0) is 17.2. The van der Waals surface area contributed by atoms with E-state index in [0.29, 0.717) is 17.6 Å². The third-order valence-electron chi connectivity index (χ3n) is 5.66. The van der Waals surface area contributed by atoms with Crippen LogP contribution in [0.4, 0.5) is 0 Å². The fourth-order valence-electron chi connectivity index (χ4n) is 3.55. The summed E-state index contributed by atoms with van der Waals surface area (Å²) in [7, 11) is 2.20. The Hall–Kier alpha value is -1.61. The summed E-state index contributed by atoms with van der Waals surface area (Å²) in [6, 6.07) is 6.06. The Labute approximate surface area is 140 Å². The summed E-state index contributed by atoms with van der Waals surface area (Å²) in [5, 5.41) is 0. The summed E-state index contributed by atoms with van der Waals surface area (Å²) in [5.41, 5.74) is 2.68. The van der Waals surface area contributed by atoms with E-state index >= 15 is 0 Å². The van der Waals surface area contributed by atoms with Gasteiger partial charge in [-0.15, -0.1) is 0 Å². The van der Waals surface area contributed by atoms with Gasteiger partial charge in [-0.25, -0.2) is 4.79 Å². The molecule has 0 aromatic heterocycles. The van der Waals surface area contributed by atoms with Crippen molar-refractivity contribution in [3.8, 4) is 5.75 Å². The highest BCUT2D eigenvalue weighted by Gasteiger charge is 2.38. The number of ether oxygens (including phenoxy) is 1. The van der Waals surface area contributed by atoms with Crippen LogP contribution in [0.2, 0.25) is 0 Å². The van der Waals surface area contributed by atoms with Gasteiger partial charge in [-0.3, -0.25) is 0 Å². The van der Waals surface area contributed by atoms with Crippen LogP contribution in [0.25, 0.3) is 0 Å². The molecule has 2 rings (SSSR count). The van der Waals surface area contributed by atoms with Crippen molar-refractivity contribution in [2.75, 3.05) is 13.6 Å². The highest BCUT2D eigenvalue weighted by Crippen LogP contribution is 2.41. The lowest BCUT2D eigenvalue weighted by atomic mass is 9.73. The molecule has 2 atom stereocenters. The summed E-state index contributed by atoms with van der Waals surface area (Å²) in [6.07, 6.45) is 3.22. The number of likely N-dealkylation sites (tertiary alicyclic amines) is 1. The van der Waals surface area contributed by atoms with E-state index < -0.39 is 5.97 Å². The Morgan fingerprint density at radius 2 is 2.17 bits per heavy atom. The van der Waals surface area contributed by atoms with Crippen molar-refractivity contribution in [3.05, 3.63) is 42.0 Å². The average molecular weight is 315 g/mol. The maximum Gasteiger partial charge on any atom is 0.335 e. The molecule has 1 aromatic carbocycles. The molecule has 1 saturated heterocycles. The summed E-state index contributed by atoms with van der Waals surface area (Å²) in [6.45, 7) is 13.6. The second-order valence-electron chi connectivity index (χ2n) is 7.17. The van der Waals surface area contributed by atoms with Crippen LogP contribution in [0.3, 0.4) is 0 Å². The quantitative estimate of drug-likeness (QED) is 0.474. The van der Waals surface area contributed by atoms with Crippen LogP contribution in [0.5, 0.6) is 5.75 Å². The maximum absolute atomic E-state index is 11.6. The molecule has 0 N–H and O–H groups in total. The van der Waals surface area contributed by atoms with Gasteiger partial charge in [0.05, 0.1) is 0 Å². The van der Waals surface area contributed by atoms with Crippen LogP contribution in [0.1, 0.15) is 51.2 Å². The molecule has 3 heteroatoms. The van der Waals surface area contributed by atoms with Crippen LogP contribution in [-0.4, -0.2) is 30.0 Å². The molecule has 0 bridgehead atoms. The molecular weight excluding hydrogens is 286 g/mol. The SMILES string of the molecule is C=CC(=O)Oc1cccc(C2CC(C)C(C)(C)N(C)C2)c1CC. The van der Waals surface area contributed by atoms with Crippen molar-refractivity contribution in [1.29, 1.82) is 0 Å². The smallest absolute Gasteiger partial charge is 0.335 e. The van der Waals surface area contributed by atoms with E-state index in [2.05, 4.69) is 52.3 Å². The normalized spacial score (nSPS) is 24.2. The van der Waals surface area contributed by atoms with E-state index in [9.17, 15) is 4.79 Å². The molecule has 0 spiro atoms. The standard InChI is InChI=1S/C20H29NO2/c1-7-16-17(10-9-11-18(16)23-19(22)8-2)15-12-14(3)20(4,5)21(6)13-15/h8-11,14-15H,2,7,12-13H2,1,3-6H3. The third kappa shape index (κ3) is 3.50. The predicted molar refractivity (Wildman–Crippen MR) is 94.9 cm³/mol. The molecule has 3 nitrogen and oxygen atoms in total. The lowest BCUT2D eigenvalue weighted by Gasteiger charge is -2.48. The first-order chi connectivity index (χ1) is 10.8. The van der Waals surface area contributed by atoms with Crippen molar-refractivity contribution < 1.29 is 9.53 Å². The first-order valence-corrected chi connectivity index (χ1v) is 8.48. The number of esters is 1. The fourth-order valence-corrected chi connectivity index (χ4v) is 3.55. The molecule has 1 aliphatic rings. The fraction of sp³-hybridized carbons (Fsp3) is 0.550. The van der Waals surface area contributed by atoms with Gasteiger partial charge >= 0.3 is 5.97 Å².